The molecule has 6 heteroatoms. The molecule has 0 atom stereocenters. The van der Waals surface area contributed by atoms with Crippen LogP contribution in [0.3, 0.4) is 0 Å². The van der Waals surface area contributed by atoms with Gasteiger partial charge in [0.25, 0.3) is 0 Å². The normalized spacial score (nSPS) is 17.5. The van der Waals surface area contributed by atoms with E-state index in [4.69, 9.17) is 5.73 Å². The molecule has 0 amide bonds. The Kier molecular flexibility index (Phi) is 2.79. The number of likely N-dealkylation sites (N-methyl/N-ethyl adjacent to an activating group) is 1. The SMILES string of the molecule is CCN1CCN(c2cccc3nc(N)nn23)CC1. The lowest BCUT2D eigenvalue weighted by molar-refractivity contribution is 0.270. The molecule has 2 aromatic rings. The van der Waals surface area contributed by atoms with Crippen molar-refractivity contribution >= 4 is 17.4 Å². The summed E-state index contributed by atoms with van der Waals surface area (Å²) in [4.78, 5) is 8.98. The highest BCUT2D eigenvalue weighted by atomic mass is 15.4. The van der Waals surface area contributed by atoms with Gasteiger partial charge in [-0.2, -0.15) is 9.50 Å². The van der Waals surface area contributed by atoms with Crippen molar-refractivity contribution < 1.29 is 0 Å². The van der Waals surface area contributed by atoms with Crippen molar-refractivity contribution in [2.45, 2.75) is 6.92 Å². The predicted molar refractivity (Wildman–Crippen MR) is 71.7 cm³/mol. The Labute approximate surface area is 106 Å². The minimum atomic E-state index is 0.328. The molecule has 3 heterocycles. The molecule has 1 saturated heterocycles. The second kappa shape index (κ2) is 4.45. The predicted octanol–water partition coefficient (Wildman–Crippen LogP) is 0.453. The number of nitrogens with zero attached hydrogens (tertiary/aromatic N) is 5. The van der Waals surface area contributed by atoms with Gasteiger partial charge >= 0.3 is 0 Å². The van der Waals surface area contributed by atoms with E-state index in [0.29, 0.717) is 5.95 Å². The van der Waals surface area contributed by atoms with Crippen molar-refractivity contribution in [3.05, 3.63) is 18.2 Å². The second-order valence-corrected chi connectivity index (χ2v) is 4.55. The Bertz CT molecular complexity index is 540. The first kappa shape index (κ1) is 11.3. The van der Waals surface area contributed by atoms with Crippen molar-refractivity contribution in [3.63, 3.8) is 0 Å². The Morgan fingerprint density at radius 3 is 2.72 bits per heavy atom. The van der Waals surface area contributed by atoms with Gasteiger partial charge in [-0.1, -0.05) is 13.0 Å². The van der Waals surface area contributed by atoms with E-state index in [2.05, 4.69) is 32.9 Å². The molecule has 96 valence electrons. The second-order valence-electron chi connectivity index (χ2n) is 4.55. The van der Waals surface area contributed by atoms with Gasteiger partial charge in [0.05, 0.1) is 0 Å². The summed E-state index contributed by atoms with van der Waals surface area (Å²) in [5, 5.41) is 4.26. The Morgan fingerprint density at radius 1 is 1.22 bits per heavy atom. The molecule has 1 aliphatic heterocycles. The molecule has 0 aromatic carbocycles. The summed E-state index contributed by atoms with van der Waals surface area (Å²) in [5.74, 6) is 1.40. The van der Waals surface area contributed by atoms with E-state index >= 15 is 0 Å². The molecular formula is C12H18N6. The average molecular weight is 246 g/mol. The number of nitrogens with two attached hydrogens (primary N) is 1. The average Bonchev–Trinajstić information content (AvgIpc) is 2.79. The summed E-state index contributed by atoms with van der Waals surface area (Å²) < 4.78 is 1.83. The van der Waals surface area contributed by atoms with E-state index in [1.165, 1.54) is 0 Å². The topological polar surface area (TPSA) is 62.7 Å². The minimum absolute atomic E-state index is 0.328. The molecule has 1 fully saturated rings. The first-order chi connectivity index (χ1) is 8.78. The van der Waals surface area contributed by atoms with Crippen molar-refractivity contribution in [3.8, 4) is 0 Å². The minimum Gasteiger partial charge on any atom is -0.366 e. The molecule has 2 N–H and O–H groups in total. The molecule has 1 aliphatic rings. The maximum atomic E-state index is 5.66. The van der Waals surface area contributed by atoms with Crippen molar-refractivity contribution in [1.29, 1.82) is 0 Å². The third kappa shape index (κ3) is 1.88. The van der Waals surface area contributed by atoms with Crippen LogP contribution in [0.15, 0.2) is 18.2 Å². The smallest absolute Gasteiger partial charge is 0.240 e. The number of aromatic nitrogens is 3. The van der Waals surface area contributed by atoms with E-state index < -0.39 is 0 Å². The van der Waals surface area contributed by atoms with Gasteiger partial charge in [-0.25, -0.2) is 0 Å². The first-order valence-corrected chi connectivity index (χ1v) is 6.36. The lowest BCUT2D eigenvalue weighted by Gasteiger charge is -2.35. The van der Waals surface area contributed by atoms with Crippen LogP contribution in [-0.4, -0.2) is 52.2 Å². The zero-order chi connectivity index (χ0) is 12.5. The summed E-state index contributed by atoms with van der Waals surface area (Å²) in [6, 6.07) is 6.00. The number of hydrogen-bond acceptors (Lipinski definition) is 5. The van der Waals surface area contributed by atoms with Gasteiger partial charge in [0.1, 0.15) is 5.82 Å². The van der Waals surface area contributed by atoms with E-state index in [1.54, 1.807) is 0 Å². The maximum Gasteiger partial charge on any atom is 0.240 e. The molecule has 3 rings (SSSR count). The highest BCUT2D eigenvalue weighted by Crippen LogP contribution is 2.18. The van der Waals surface area contributed by atoms with Crippen molar-refractivity contribution in [2.24, 2.45) is 0 Å². The van der Waals surface area contributed by atoms with Gasteiger partial charge in [0, 0.05) is 26.2 Å². The molecule has 0 saturated carbocycles. The molecule has 0 bridgehead atoms. The number of rotatable bonds is 2. The van der Waals surface area contributed by atoms with Gasteiger partial charge in [-0.3, -0.25) is 0 Å². The van der Waals surface area contributed by atoms with Crippen LogP contribution in [0.4, 0.5) is 11.8 Å². The van der Waals surface area contributed by atoms with Crippen LogP contribution in [0.1, 0.15) is 6.92 Å². The number of piperazine rings is 1. The molecule has 0 radical (unpaired) electrons. The number of hydrogen-bond donors (Lipinski definition) is 1. The number of anilines is 2. The van der Waals surface area contributed by atoms with Crippen LogP contribution in [0, 0.1) is 0 Å². The van der Waals surface area contributed by atoms with Crippen LogP contribution >= 0.6 is 0 Å². The number of fused-ring (bicyclic) bond motifs is 1. The first-order valence-electron chi connectivity index (χ1n) is 6.36. The third-order valence-corrected chi connectivity index (χ3v) is 3.50. The van der Waals surface area contributed by atoms with Gasteiger partial charge in [-0.05, 0) is 18.7 Å². The van der Waals surface area contributed by atoms with Gasteiger partial charge in [-0.15, -0.1) is 5.10 Å². The summed E-state index contributed by atoms with van der Waals surface area (Å²) >= 11 is 0. The zero-order valence-electron chi connectivity index (χ0n) is 10.6. The zero-order valence-corrected chi connectivity index (χ0v) is 10.6. The summed E-state index contributed by atoms with van der Waals surface area (Å²) in [7, 11) is 0. The third-order valence-electron chi connectivity index (χ3n) is 3.50. The van der Waals surface area contributed by atoms with Crippen LogP contribution in [0.25, 0.3) is 5.65 Å². The van der Waals surface area contributed by atoms with E-state index in [9.17, 15) is 0 Å². The molecule has 0 unspecified atom stereocenters. The maximum absolute atomic E-state index is 5.66. The Morgan fingerprint density at radius 2 is 2.00 bits per heavy atom. The van der Waals surface area contributed by atoms with Crippen LogP contribution in [-0.2, 0) is 0 Å². The fraction of sp³-hybridized carbons (Fsp3) is 0.500. The van der Waals surface area contributed by atoms with Crippen LogP contribution < -0.4 is 10.6 Å². The fourth-order valence-corrected chi connectivity index (χ4v) is 2.44. The largest absolute Gasteiger partial charge is 0.366 e. The standard InChI is InChI=1S/C12H18N6/c1-2-16-6-8-17(9-7-16)11-5-3-4-10-14-12(13)15-18(10)11/h3-5H,2,6-9H2,1H3,(H2,13,15). The van der Waals surface area contributed by atoms with Gasteiger partial charge in [0.15, 0.2) is 5.65 Å². The van der Waals surface area contributed by atoms with Crippen molar-refractivity contribution in [1.82, 2.24) is 19.5 Å². The van der Waals surface area contributed by atoms with Crippen LogP contribution in [0.2, 0.25) is 0 Å². The van der Waals surface area contributed by atoms with Crippen LogP contribution in [0.5, 0.6) is 0 Å². The molecule has 2 aromatic heterocycles. The summed E-state index contributed by atoms with van der Waals surface area (Å²) in [6.07, 6.45) is 0. The Hall–Kier alpha value is -1.82. The van der Waals surface area contributed by atoms with E-state index in [-0.39, 0.29) is 0 Å². The number of nitrogen functional groups attached to an aromatic ring is 1. The summed E-state index contributed by atoms with van der Waals surface area (Å²) in [6.45, 7) is 7.55. The highest BCUT2D eigenvalue weighted by molar-refractivity contribution is 5.52. The molecule has 0 aliphatic carbocycles. The molecule has 6 nitrogen and oxygen atoms in total. The van der Waals surface area contributed by atoms with Gasteiger partial charge in [0.2, 0.25) is 5.95 Å². The summed E-state index contributed by atoms with van der Waals surface area (Å²) in [5.41, 5.74) is 6.47. The highest BCUT2D eigenvalue weighted by Gasteiger charge is 2.18. The van der Waals surface area contributed by atoms with Gasteiger partial charge < -0.3 is 15.5 Å². The lowest BCUT2D eigenvalue weighted by Crippen LogP contribution is -2.46. The Balaban J connectivity index is 1.90. The van der Waals surface area contributed by atoms with E-state index in [1.807, 2.05) is 16.6 Å². The monoisotopic (exact) mass is 246 g/mol. The van der Waals surface area contributed by atoms with Crippen molar-refractivity contribution in [2.75, 3.05) is 43.4 Å². The lowest BCUT2D eigenvalue weighted by atomic mass is 10.3. The van der Waals surface area contributed by atoms with E-state index in [0.717, 1.165) is 44.2 Å². The fourth-order valence-electron chi connectivity index (χ4n) is 2.44. The molecule has 18 heavy (non-hydrogen) atoms. The quantitative estimate of drug-likeness (QED) is 0.833. The number of pyridine rings is 1. The molecule has 0 spiro atoms. The molecular weight excluding hydrogens is 228 g/mol.